The SMILES string of the molecule is FC1CCC(C2NNCC2CN2CCN(C3CCC(Br)CN3)CC2)CC1. The molecule has 0 bridgehead atoms. The molecule has 4 fully saturated rings. The summed E-state index contributed by atoms with van der Waals surface area (Å²) in [6.45, 7) is 8.03. The summed E-state index contributed by atoms with van der Waals surface area (Å²) in [5.74, 6) is 1.30. The van der Waals surface area contributed by atoms with E-state index in [0.29, 0.717) is 28.9 Å². The minimum Gasteiger partial charge on any atom is -0.301 e. The van der Waals surface area contributed by atoms with Crippen molar-refractivity contribution in [1.82, 2.24) is 26.0 Å². The molecule has 5 nitrogen and oxygen atoms in total. The summed E-state index contributed by atoms with van der Waals surface area (Å²) >= 11 is 3.72. The third kappa shape index (κ3) is 4.78. The molecule has 0 aromatic rings. The lowest BCUT2D eigenvalue weighted by atomic mass is 9.79. The Labute approximate surface area is 165 Å². The number of hydrazine groups is 1. The number of halogens is 2. The Hall–Kier alpha value is 0.210. The van der Waals surface area contributed by atoms with E-state index in [1.165, 1.54) is 45.6 Å². The molecule has 7 heteroatoms. The van der Waals surface area contributed by atoms with Gasteiger partial charge in [-0.15, -0.1) is 0 Å². The maximum Gasteiger partial charge on any atom is 0.100 e. The Morgan fingerprint density at radius 2 is 1.69 bits per heavy atom. The van der Waals surface area contributed by atoms with Crippen LogP contribution >= 0.6 is 15.9 Å². The van der Waals surface area contributed by atoms with Crippen LogP contribution in [-0.2, 0) is 0 Å². The number of alkyl halides is 2. The van der Waals surface area contributed by atoms with E-state index in [4.69, 9.17) is 0 Å². The molecule has 4 rings (SSSR count). The highest BCUT2D eigenvalue weighted by Crippen LogP contribution is 2.32. The first-order valence-corrected chi connectivity index (χ1v) is 11.6. The molecule has 1 saturated carbocycles. The van der Waals surface area contributed by atoms with Gasteiger partial charge in [-0.2, -0.15) is 0 Å². The van der Waals surface area contributed by atoms with Gasteiger partial charge in [0.1, 0.15) is 6.17 Å². The lowest BCUT2D eigenvalue weighted by molar-refractivity contribution is 0.0585. The number of nitrogens with one attached hydrogen (secondary N) is 3. The normalized spacial score (nSPS) is 43.6. The molecular weight excluding hydrogens is 397 g/mol. The van der Waals surface area contributed by atoms with Gasteiger partial charge in [0.25, 0.3) is 0 Å². The average Bonchev–Trinajstić information content (AvgIpc) is 3.12. The maximum atomic E-state index is 13.5. The lowest BCUT2D eigenvalue weighted by Crippen LogP contribution is -2.58. The fraction of sp³-hybridized carbons (Fsp3) is 1.00. The van der Waals surface area contributed by atoms with Crippen molar-refractivity contribution in [3.63, 3.8) is 0 Å². The van der Waals surface area contributed by atoms with Gasteiger partial charge in [-0.3, -0.25) is 15.8 Å². The van der Waals surface area contributed by atoms with Crippen molar-refractivity contribution in [1.29, 1.82) is 0 Å². The maximum absolute atomic E-state index is 13.5. The van der Waals surface area contributed by atoms with Crippen molar-refractivity contribution >= 4 is 15.9 Å². The second kappa shape index (κ2) is 9.14. The fourth-order valence-corrected chi connectivity index (χ4v) is 5.83. The van der Waals surface area contributed by atoms with Crippen molar-refractivity contribution < 1.29 is 4.39 Å². The van der Waals surface area contributed by atoms with Crippen molar-refractivity contribution in [2.75, 3.05) is 45.8 Å². The van der Waals surface area contributed by atoms with E-state index in [0.717, 1.165) is 38.8 Å². The third-order valence-electron chi connectivity index (χ3n) is 7.02. The van der Waals surface area contributed by atoms with Gasteiger partial charge < -0.3 is 10.2 Å². The topological polar surface area (TPSA) is 42.6 Å². The smallest absolute Gasteiger partial charge is 0.100 e. The highest BCUT2D eigenvalue weighted by molar-refractivity contribution is 9.09. The van der Waals surface area contributed by atoms with Crippen molar-refractivity contribution in [3.8, 4) is 0 Å². The number of hydrogen-bond donors (Lipinski definition) is 3. The van der Waals surface area contributed by atoms with Crippen molar-refractivity contribution in [2.45, 2.75) is 61.7 Å². The Bertz CT molecular complexity index is 432. The van der Waals surface area contributed by atoms with Crippen LogP contribution in [-0.4, -0.2) is 78.8 Å². The van der Waals surface area contributed by atoms with Crippen LogP contribution in [0.4, 0.5) is 4.39 Å². The monoisotopic (exact) mass is 431 g/mol. The molecule has 4 unspecified atom stereocenters. The number of rotatable bonds is 4. The van der Waals surface area contributed by atoms with E-state index in [2.05, 4.69) is 41.9 Å². The van der Waals surface area contributed by atoms with Crippen LogP contribution in [0.1, 0.15) is 38.5 Å². The van der Waals surface area contributed by atoms with E-state index in [-0.39, 0.29) is 0 Å². The van der Waals surface area contributed by atoms with Crippen LogP contribution in [0, 0.1) is 11.8 Å². The van der Waals surface area contributed by atoms with Crippen LogP contribution in [0.15, 0.2) is 0 Å². The molecular formula is C19H35BrFN5. The van der Waals surface area contributed by atoms with Crippen LogP contribution < -0.4 is 16.2 Å². The number of piperidine rings is 1. The summed E-state index contributed by atoms with van der Waals surface area (Å²) in [5.41, 5.74) is 6.91. The minimum atomic E-state index is -0.555. The van der Waals surface area contributed by atoms with Gasteiger partial charge in [0.05, 0.1) is 6.17 Å². The fourth-order valence-electron chi connectivity index (χ4n) is 5.38. The molecule has 4 atom stereocenters. The Kier molecular flexibility index (Phi) is 6.86. The van der Waals surface area contributed by atoms with Gasteiger partial charge in [0.2, 0.25) is 0 Å². The summed E-state index contributed by atoms with van der Waals surface area (Å²) in [5, 5.41) is 3.69. The number of piperazine rings is 1. The molecule has 3 heterocycles. The summed E-state index contributed by atoms with van der Waals surface area (Å²) in [7, 11) is 0. The predicted octanol–water partition coefficient (Wildman–Crippen LogP) is 1.70. The molecule has 0 amide bonds. The van der Waals surface area contributed by atoms with Gasteiger partial charge in [-0.1, -0.05) is 15.9 Å². The molecule has 3 N–H and O–H groups in total. The average molecular weight is 432 g/mol. The van der Waals surface area contributed by atoms with E-state index in [1.54, 1.807) is 0 Å². The molecule has 150 valence electrons. The molecule has 0 aromatic carbocycles. The molecule has 4 aliphatic rings. The van der Waals surface area contributed by atoms with Crippen LogP contribution in [0.5, 0.6) is 0 Å². The zero-order chi connectivity index (χ0) is 17.9. The van der Waals surface area contributed by atoms with Gasteiger partial charge in [-0.25, -0.2) is 4.39 Å². The molecule has 1 aliphatic carbocycles. The van der Waals surface area contributed by atoms with Gasteiger partial charge in [-0.05, 0) is 44.4 Å². The summed E-state index contributed by atoms with van der Waals surface area (Å²) in [6.07, 6.45) is 6.17. The highest BCUT2D eigenvalue weighted by Gasteiger charge is 2.37. The van der Waals surface area contributed by atoms with E-state index in [9.17, 15) is 4.39 Å². The third-order valence-corrected chi connectivity index (χ3v) is 7.80. The van der Waals surface area contributed by atoms with Crippen molar-refractivity contribution in [2.24, 2.45) is 11.8 Å². The van der Waals surface area contributed by atoms with Crippen LogP contribution in [0.25, 0.3) is 0 Å². The van der Waals surface area contributed by atoms with Gasteiger partial charge >= 0.3 is 0 Å². The number of hydrogen-bond acceptors (Lipinski definition) is 5. The molecule has 0 radical (unpaired) electrons. The standard InChI is InChI=1S/C19H35BrFN5/c20-16-3-6-18(22-12-16)26-9-7-25(8-10-26)13-15-11-23-24-19(15)14-1-4-17(21)5-2-14/h14-19,22-24H,1-13H2. The summed E-state index contributed by atoms with van der Waals surface area (Å²) in [4.78, 5) is 5.94. The van der Waals surface area contributed by atoms with Gasteiger partial charge in [0, 0.05) is 62.6 Å². The summed E-state index contributed by atoms with van der Waals surface area (Å²) in [6, 6.07) is 0.524. The second-order valence-electron chi connectivity index (χ2n) is 8.76. The molecule has 3 aliphatic heterocycles. The van der Waals surface area contributed by atoms with Crippen LogP contribution in [0.2, 0.25) is 0 Å². The number of nitrogens with zero attached hydrogens (tertiary/aromatic N) is 2. The zero-order valence-electron chi connectivity index (χ0n) is 15.8. The molecule has 0 spiro atoms. The van der Waals surface area contributed by atoms with Gasteiger partial charge in [0.15, 0.2) is 0 Å². The zero-order valence-corrected chi connectivity index (χ0v) is 17.4. The lowest BCUT2D eigenvalue weighted by Gasteiger charge is -2.43. The van der Waals surface area contributed by atoms with E-state index in [1.807, 2.05) is 0 Å². The first-order chi connectivity index (χ1) is 12.7. The molecule has 0 aromatic heterocycles. The Balaban J connectivity index is 1.22. The van der Waals surface area contributed by atoms with E-state index >= 15 is 0 Å². The minimum absolute atomic E-state index is 0.524. The summed E-state index contributed by atoms with van der Waals surface area (Å²) < 4.78 is 13.5. The molecule has 26 heavy (non-hydrogen) atoms. The second-order valence-corrected chi connectivity index (χ2v) is 10.1. The van der Waals surface area contributed by atoms with E-state index < -0.39 is 6.17 Å². The predicted molar refractivity (Wildman–Crippen MR) is 107 cm³/mol. The molecule has 3 saturated heterocycles. The first kappa shape index (κ1) is 19.5. The Morgan fingerprint density at radius 3 is 2.38 bits per heavy atom. The first-order valence-electron chi connectivity index (χ1n) is 10.7. The highest BCUT2D eigenvalue weighted by atomic mass is 79.9. The quantitative estimate of drug-likeness (QED) is 0.591. The van der Waals surface area contributed by atoms with Crippen molar-refractivity contribution in [3.05, 3.63) is 0 Å². The largest absolute Gasteiger partial charge is 0.301 e. The Morgan fingerprint density at radius 1 is 0.923 bits per heavy atom. The van der Waals surface area contributed by atoms with Crippen LogP contribution in [0.3, 0.4) is 0 Å².